The molecule has 0 saturated carbocycles. The van der Waals surface area contributed by atoms with Crippen molar-refractivity contribution in [3.05, 3.63) is 47.8 Å². The molecule has 0 atom stereocenters. The summed E-state index contributed by atoms with van der Waals surface area (Å²) in [7, 11) is 0. The number of halogens is 1. The van der Waals surface area contributed by atoms with Crippen molar-refractivity contribution in [2.75, 3.05) is 6.54 Å². The molecule has 3 heteroatoms. The molecule has 0 aliphatic rings. The highest BCUT2D eigenvalue weighted by atomic mass is 19.1. The molecule has 1 aromatic carbocycles. The maximum Gasteiger partial charge on any atom is 0.127 e. The monoisotopic (exact) mass is 292 g/mol. The lowest BCUT2D eigenvalue weighted by Gasteiger charge is -2.35. The van der Waals surface area contributed by atoms with E-state index in [1.54, 1.807) is 6.07 Å². The summed E-state index contributed by atoms with van der Waals surface area (Å²) in [6.07, 6.45) is 1.87. The lowest BCUT2D eigenvalue weighted by Crippen LogP contribution is -2.41. The summed E-state index contributed by atoms with van der Waals surface area (Å²) in [4.78, 5) is 2.22. The SMILES string of the molecule is C=CCN(Cc1cc(CNC(C)C)ccc1F)C(C)(C)C. The van der Waals surface area contributed by atoms with Gasteiger partial charge in [-0.05, 0) is 32.4 Å². The number of nitrogens with one attached hydrogen (secondary N) is 1. The largest absolute Gasteiger partial charge is 0.310 e. The van der Waals surface area contributed by atoms with Crippen molar-refractivity contribution in [1.82, 2.24) is 10.2 Å². The maximum atomic E-state index is 14.1. The molecule has 0 aliphatic heterocycles. The van der Waals surface area contributed by atoms with E-state index in [1.807, 2.05) is 18.2 Å². The molecule has 0 aromatic heterocycles. The molecule has 118 valence electrons. The molecular weight excluding hydrogens is 263 g/mol. The van der Waals surface area contributed by atoms with Gasteiger partial charge in [0.15, 0.2) is 0 Å². The van der Waals surface area contributed by atoms with Crippen LogP contribution in [0.15, 0.2) is 30.9 Å². The summed E-state index contributed by atoms with van der Waals surface area (Å²) in [5.74, 6) is -0.137. The molecule has 0 unspecified atom stereocenters. The van der Waals surface area contributed by atoms with E-state index in [2.05, 4.69) is 51.4 Å². The number of rotatable bonds is 7. The van der Waals surface area contributed by atoms with Gasteiger partial charge in [-0.1, -0.05) is 32.1 Å². The second kappa shape index (κ2) is 7.71. The minimum Gasteiger partial charge on any atom is -0.310 e. The quantitative estimate of drug-likeness (QED) is 0.761. The zero-order chi connectivity index (χ0) is 16.0. The summed E-state index contributed by atoms with van der Waals surface area (Å²) in [6, 6.07) is 5.81. The van der Waals surface area contributed by atoms with Gasteiger partial charge in [0.2, 0.25) is 0 Å². The van der Waals surface area contributed by atoms with Crippen LogP contribution < -0.4 is 5.32 Å². The molecule has 0 aliphatic carbocycles. The fourth-order valence-electron chi connectivity index (χ4n) is 2.12. The lowest BCUT2D eigenvalue weighted by molar-refractivity contribution is 0.143. The standard InChI is InChI=1S/C18H29FN2/c1-7-10-21(18(4,5)6)13-16-11-15(8-9-17(16)19)12-20-14(2)3/h7-9,11,14,20H,1,10,12-13H2,2-6H3. The fourth-order valence-corrected chi connectivity index (χ4v) is 2.12. The van der Waals surface area contributed by atoms with Crippen molar-refractivity contribution in [2.24, 2.45) is 0 Å². The first-order valence-electron chi connectivity index (χ1n) is 7.60. The highest BCUT2D eigenvalue weighted by Crippen LogP contribution is 2.20. The molecule has 0 radical (unpaired) electrons. The molecule has 0 bridgehead atoms. The highest BCUT2D eigenvalue weighted by Gasteiger charge is 2.21. The van der Waals surface area contributed by atoms with Crippen LogP contribution >= 0.6 is 0 Å². The van der Waals surface area contributed by atoms with E-state index in [0.717, 1.165) is 24.2 Å². The maximum absolute atomic E-state index is 14.1. The Kier molecular flexibility index (Phi) is 6.56. The Labute approximate surface area is 129 Å². The van der Waals surface area contributed by atoms with Crippen molar-refractivity contribution in [2.45, 2.75) is 59.3 Å². The molecule has 2 nitrogen and oxygen atoms in total. The van der Waals surface area contributed by atoms with Gasteiger partial charge in [-0.15, -0.1) is 6.58 Å². The number of benzene rings is 1. The number of hydrogen-bond acceptors (Lipinski definition) is 2. The third-order valence-corrected chi connectivity index (χ3v) is 3.48. The van der Waals surface area contributed by atoms with E-state index in [9.17, 15) is 4.39 Å². The Morgan fingerprint density at radius 2 is 2.00 bits per heavy atom. The van der Waals surface area contributed by atoms with Crippen LogP contribution in [0.5, 0.6) is 0 Å². The Bertz CT molecular complexity index is 461. The molecule has 0 amide bonds. The second-order valence-corrected chi connectivity index (χ2v) is 6.80. The topological polar surface area (TPSA) is 15.3 Å². The minimum atomic E-state index is -0.137. The van der Waals surface area contributed by atoms with E-state index in [4.69, 9.17) is 0 Å². The molecule has 0 spiro atoms. The molecule has 0 fully saturated rings. The highest BCUT2D eigenvalue weighted by molar-refractivity contribution is 5.25. The zero-order valence-electron chi connectivity index (χ0n) is 14.0. The van der Waals surface area contributed by atoms with Crippen LogP contribution in [0.25, 0.3) is 0 Å². The number of nitrogens with zero attached hydrogens (tertiary/aromatic N) is 1. The van der Waals surface area contributed by atoms with Crippen molar-refractivity contribution in [3.63, 3.8) is 0 Å². The van der Waals surface area contributed by atoms with Crippen LogP contribution in [0, 0.1) is 5.82 Å². The molecule has 1 rings (SSSR count). The van der Waals surface area contributed by atoms with E-state index in [1.165, 1.54) is 0 Å². The van der Waals surface area contributed by atoms with E-state index in [-0.39, 0.29) is 11.4 Å². The molecule has 1 aromatic rings. The first-order chi connectivity index (χ1) is 9.74. The molecule has 1 N–H and O–H groups in total. The minimum absolute atomic E-state index is 0.0210. The Hall–Kier alpha value is -1.19. The number of hydrogen-bond donors (Lipinski definition) is 1. The first-order valence-corrected chi connectivity index (χ1v) is 7.60. The third-order valence-electron chi connectivity index (χ3n) is 3.48. The fraction of sp³-hybridized carbons (Fsp3) is 0.556. The average molecular weight is 292 g/mol. The van der Waals surface area contributed by atoms with Gasteiger partial charge in [0.05, 0.1) is 0 Å². The van der Waals surface area contributed by atoms with Gasteiger partial charge in [0.1, 0.15) is 5.82 Å². The van der Waals surface area contributed by atoms with Gasteiger partial charge < -0.3 is 5.32 Å². The van der Waals surface area contributed by atoms with E-state index >= 15 is 0 Å². The van der Waals surface area contributed by atoms with Crippen LogP contribution in [0.1, 0.15) is 45.7 Å². The summed E-state index contributed by atoms with van der Waals surface area (Å²) in [5.41, 5.74) is 1.84. The predicted molar refractivity (Wildman–Crippen MR) is 88.7 cm³/mol. The van der Waals surface area contributed by atoms with Gasteiger partial charge in [0, 0.05) is 36.8 Å². The normalized spacial score (nSPS) is 12.2. The summed E-state index contributed by atoms with van der Waals surface area (Å²) < 4.78 is 14.1. The average Bonchev–Trinajstić information content (AvgIpc) is 2.37. The Balaban J connectivity index is 2.89. The van der Waals surface area contributed by atoms with E-state index < -0.39 is 0 Å². The molecular formula is C18H29FN2. The second-order valence-electron chi connectivity index (χ2n) is 6.80. The summed E-state index contributed by atoms with van der Waals surface area (Å²) in [5, 5.41) is 3.36. The third kappa shape index (κ3) is 5.98. The molecule has 21 heavy (non-hydrogen) atoms. The van der Waals surface area contributed by atoms with Crippen LogP contribution in [0.3, 0.4) is 0 Å². The summed E-state index contributed by atoms with van der Waals surface area (Å²) >= 11 is 0. The van der Waals surface area contributed by atoms with Gasteiger partial charge in [-0.3, -0.25) is 4.90 Å². The van der Waals surface area contributed by atoms with Gasteiger partial charge in [-0.2, -0.15) is 0 Å². The van der Waals surface area contributed by atoms with Crippen LogP contribution in [-0.4, -0.2) is 23.0 Å². The predicted octanol–water partition coefficient (Wildman–Crippen LogP) is 4.11. The van der Waals surface area contributed by atoms with Gasteiger partial charge in [0.25, 0.3) is 0 Å². The zero-order valence-corrected chi connectivity index (χ0v) is 14.0. The van der Waals surface area contributed by atoms with Crippen molar-refractivity contribution >= 4 is 0 Å². The van der Waals surface area contributed by atoms with Gasteiger partial charge in [-0.25, -0.2) is 4.39 Å². The summed E-state index contributed by atoms with van der Waals surface area (Å²) in [6.45, 7) is 16.5. The van der Waals surface area contributed by atoms with Crippen LogP contribution in [0.2, 0.25) is 0 Å². The van der Waals surface area contributed by atoms with Gasteiger partial charge >= 0.3 is 0 Å². The van der Waals surface area contributed by atoms with Crippen molar-refractivity contribution in [3.8, 4) is 0 Å². The van der Waals surface area contributed by atoms with E-state index in [0.29, 0.717) is 12.6 Å². The Morgan fingerprint density at radius 1 is 1.33 bits per heavy atom. The smallest absolute Gasteiger partial charge is 0.127 e. The Morgan fingerprint density at radius 3 is 2.52 bits per heavy atom. The van der Waals surface area contributed by atoms with Crippen molar-refractivity contribution < 1.29 is 4.39 Å². The van der Waals surface area contributed by atoms with Crippen LogP contribution in [0.4, 0.5) is 4.39 Å². The first kappa shape index (κ1) is 17.9. The lowest BCUT2D eigenvalue weighted by atomic mass is 10.0. The van der Waals surface area contributed by atoms with Crippen LogP contribution in [-0.2, 0) is 13.1 Å². The molecule has 0 saturated heterocycles. The molecule has 0 heterocycles. The van der Waals surface area contributed by atoms with Crippen molar-refractivity contribution in [1.29, 1.82) is 0 Å².